The van der Waals surface area contributed by atoms with Gasteiger partial charge in [-0.1, -0.05) is 27.7 Å². The molecule has 0 N–H and O–H groups in total. The molecule has 0 bridgehead atoms. The molecule has 0 saturated heterocycles. The predicted octanol–water partition coefficient (Wildman–Crippen LogP) is 3.69. The van der Waals surface area contributed by atoms with E-state index in [4.69, 9.17) is 0 Å². The lowest BCUT2D eigenvalue weighted by molar-refractivity contribution is 0.398. The lowest BCUT2D eigenvalue weighted by Crippen LogP contribution is -2.08. The zero-order valence-corrected chi connectivity index (χ0v) is 10.7. The molecule has 0 aliphatic heterocycles. The molecule has 1 rings (SSSR count). The maximum absolute atomic E-state index is 4.44. The molecule has 0 radical (unpaired) electrons. The molecule has 0 saturated carbocycles. The molecule has 0 aliphatic carbocycles. The van der Waals surface area contributed by atoms with Crippen molar-refractivity contribution in [3.63, 3.8) is 0 Å². The monoisotopic (exact) mass is 208 g/mol. The Morgan fingerprint density at radius 3 is 2.33 bits per heavy atom. The van der Waals surface area contributed by atoms with Gasteiger partial charge in [0.05, 0.1) is 6.20 Å². The second-order valence-electron chi connectivity index (χ2n) is 5.41. The van der Waals surface area contributed by atoms with Crippen LogP contribution < -0.4 is 0 Å². The van der Waals surface area contributed by atoms with E-state index in [2.05, 4.69) is 50.6 Å². The molecule has 15 heavy (non-hydrogen) atoms. The zero-order valence-electron chi connectivity index (χ0n) is 10.7. The maximum atomic E-state index is 4.44. The van der Waals surface area contributed by atoms with Crippen molar-refractivity contribution in [3.8, 4) is 0 Å². The first kappa shape index (κ1) is 12.3. The van der Waals surface area contributed by atoms with Crippen molar-refractivity contribution in [3.05, 3.63) is 18.0 Å². The van der Waals surface area contributed by atoms with Crippen molar-refractivity contribution in [2.75, 3.05) is 0 Å². The minimum Gasteiger partial charge on any atom is -0.270 e. The van der Waals surface area contributed by atoms with Gasteiger partial charge in [-0.15, -0.1) is 0 Å². The van der Waals surface area contributed by atoms with E-state index in [-0.39, 0.29) is 0 Å². The van der Waals surface area contributed by atoms with Crippen molar-refractivity contribution in [1.82, 2.24) is 9.78 Å². The molecule has 2 nitrogen and oxygen atoms in total. The Labute approximate surface area is 93.7 Å². The highest BCUT2D eigenvalue weighted by molar-refractivity contribution is 5.05. The maximum Gasteiger partial charge on any atom is 0.0521 e. The molecule has 1 aromatic rings. The Kier molecular flexibility index (Phi) is 4.37. The molecule has 0 unspecified atom stereocenters. The molecule has 0 aromatic carbocycles. The summed E-state index contributed by atoms with van der Waals surface area (Å²) in [5.41, 5.74) is 1.36. The van der Waals surface area contributed by atoms with Crippen molar-refractivity contribution < 1.29 is 0 Å². The third-order valence-electron chi connectivity index (χ3n) is 2.56. The van der Waals surface area contributed by atoms with Gasteiger partial charge in [-0.3, -0.25) is 4.68 Å². The highest BCUT2D eigenvalue weighted by Crippen LogP contribution is 2.17. The van der Waals surface area contributed by atoms with Gasteiger partial charge >= 0.3 is 0 Å². The first-order valence-corrected chi connectivity index (χ1v) is 6.02. The van der Waals surface area contributed by atoms with E-state index >= 15 is 0 Å². The van der Waals surface area contributed by atoms with Crippen LogP contribution in [0.15, 0.2) is 12.4 Å². The van der Waals surface area contributed by atoms with Gasteiger partial charge in [0, 0.05) is 12.2 Å². The molecule has 0 fully saturated rings. The largest absolute Gasteiger partial charge is 0.270 e. The summed E-state index contributed by atoms with van der Waals surface area (Å²) in [6.45, 7) is 11.2. The number of aromatic nitrogens is 2. The third kappa shape index (κ3) is 4.06. The summed E-state index contributed by atoms with van der Waals surface area (Å²) < 4.78 is 2.11. The Hall–Kier alpha value is -0.790. The second kappa shape index (κ2) is 5.34. The van der Waals surface area contributed by atoms with Crippen LogP contribution >= 0.6 is 0 Å². The number of hydrogen-bond acceptors (Lipinski definition) is 1. The molecule has 0 amide bonds. The van der Waals surface area contributed by atoms with E-state index < -0.39 is 0 Å². The van der Waals surface area contributed by atoms with Crippen molar-refractivity contribution >= 4 is 0 Å². The van der Waals surface area contributed by atoms with E-state index in [0.29, 0.717) is 12.0 Å². The van der Waals surface area contributed by atoms with Crippen LogP contribution in [0, 0.1) is 11.8 Å². The van der Waals surface area contributed by atoms with E-state index in [0.717, 1.165) is 12.3 Å². The van der Waals surface area contributed by atoms with Crippen LogP contribution in [0.5, 0.6) is 0 Å². The second-order valence-corrected chi connectivity index (χ2v) is 5.41. The van der Waals surface area contributed by atoms with Gasteiger partial charge in [0.25, 0.3) is 0 Å². The molecule has 1 atom stereocenters. The van der Waals surface area contributed by atoms with E-state index in [9.17, 15) is 0 Å². The average molecular weight is 208 g/mol. The fourth-order valence-corrected chi connectivity index (χ4v) is 1.99. The number of rotatable bonds is 5. The normalized spacial score (nSPS) is 13.8. The molecule has 1 heterocycles. The highest BCUT2D eigenvalue weighted by atomic mass is 15.3. The summed E-state index contributed by atoms with van der Waals surface area (Å²) >= 11 is 0. The molecular formula is C13H24N2. The molecular weight excluding hydrogens is 184 g/mol. The number of nitrogens with zero attached hydrogens (tertiary/aromatic N) is 2. The summed E-state index contributed by atoms with van der Waals surface area (Å²) in [4.78, 5) is 0. The fourth-order valence-electron chi connectivity index (χ4n) is 1.99. The lowest BCUT2D eigenvalue weighted by Gasteiger charge is -2.14. The molecule has 0 aliphatic rings. The quantitative estimate of drug-likeness (QED) is 0.721. The molecule has 2 heteroatoms. The first-order valence-electron chi connectivity index (χ1n) is 6.02. The van der Waals surface area contributed by atoms with Gasteiger partial charge in [0.2, 0.25) is 0 Å². The highest BCUT2D eigenvalue weighted by Gasteiger charge is 2.09. The summed E-state index contributed by atoms with van der Waals surface area (Å²) in [6, 6.07) is 0.519. The van der Waals surface area contributed by atoms with Crippen molar-refractivity contribution in [1.29, 1.82) is 0 Å². The van der Waals surface area contributed by atoms with Gasteiger partial charge in [-0.2, -0.15) is 5.10 Å². The predicted molar refractivity (Wildman–Crippen MR) is 64.9 cm³/mol. The van der Waals surface area contributed by atoms with Gasteiger partial charge in [-0.25, -0.2) is 0 Å². The van der Waals surface area contributed by atoms with E-state index in [1.54, 1.807) is 0 Å². The van der Waals surface area contributed by atoms with E-state index in [1.807, 2.05) is 6.20 Å². The Morgan fingerprint density at radius 1 is 1.13 bits per heavy atom. The van der Waals surface area contributed by atoms with Crippen LogP contribution in [0.2, 0.25) is 0 Å². The van der Waals surface area contributed by atoms with Crippen LogP contribution in [0.1, 0.15) is 52.6 Å². The van der Waals surface area contributed by atoms with Crippen LogP contribution in [-0.2, 0) is 6.42 Å². The van der Waals surface area contributed by atoms with Crippen molar-refractivity contribution in [2.45, 2.75) is 53.5 Å². The summed E-state index contributed by atoms with van der Waals surface area (Å²) in [5.74, 6) is 1.45. The van der Waals surface area contributed by atoms with Crippen LogP contribution in [0.25, 0.3) is 0 Å². The minimum absolute atomic E-state index is 0.519. The molecule has 1 aromatic heterocycles. The van der Waals surface area contributed by atoms with Gasteiger partial charge in [-0.05, 0) is 37.2 Å². The smallest absolute Gasteiger partial charge is 0.0521 e. The topological polar surface area (TPSA) is 17.8 Å². The van der Waals surface area contributed by atoms with Gasteiger partial charge in [0.1, 0.15) is 0 Å². The average Bonchev–Trinajstić information content (AvgIpc) is 2.50. The van der Waals surface area contributed by atoms with Gasteiger partial charge < -0.3 is 0 Å². The fraction of sp³-hybridized carbons (Fsp3) is 0.769. The summed E-state index contributed by atoms with van der Waals surface area (Å²) in [5, 5.41) is 4.44. The molecule has 86 valence electrons. The van der Waals surface area contributed by atoms with Gasteiger partial charge in [0.15, 0.2) is 0 Å². The van der Waals surface area contributed by atoms with Crippen LogP contribution in [0.4, 0.5) is 0 Å². The number of hydrogen-bond donors (Lipinski definition) is 0. The summed E-state index contributed by atoms with van der Waals surface area (Å²) in [6.07, 6.45) is 6.54. The third-order valence-corrected chi connectivity index (χ3v) is 2.56. The van der Waals surface area contributed by atoms with Crippen LogP contribution in [-0.4, -0.2) is 9.78 Å². The SMILES string of the molecule is CC(C)Cc1cnn([C@H](C)CC(C)C)c1. The Balaban J connectivity index is 2.58. The molecule has 0 spiro atoms. The Bertz CT molecular complexity index is 286. The standard InChI is InChI=1S/C13H24N2/c1-10(2)6-12(5)15-9-13(8-14-15)7-11(3)4/h8-12H,6-7H2,1-5H3/t12-/m1/s1. The lowest BCUT2D eigenvalue weighted by atomic mass is 10.1. The zero-order chi connectivity index (χ0) is 11.4. The van der Waals surface area contributed by atoms with Crippen molar-refractivity contribution in [2.24, 2.45) is 11.8 Å². The first-order chi connectivity index (χ1) is 6.99. The minimum atomic E-state index is 0.519. The Morgan fingerprint density at radius 2 is 1.80 bits per heavy atom. The van der Waals surface area contributed by atoms with E-state index in [1.165, 1.54) is 12.0 Å². The summed E-state index contributed by atoms with van der Waals surface area (Å²) in [7, 11) is 0. The van der Waals surface area contributed by atoms with Crippen LogP contribution in [0.3, 0.4) is 0 Å².